The van der Waals surface area contributed by atoms with Crippen molar-refractivity contribution < 1.29 is 4.43 Å². The zero-order valence-corrected chi connectivity index (χ0v) is 15.1. The van der Waals surface area contributed by atoms with E-state index >= 15 is 0 Å². The van der Waals surface area contributed by atoms with Gasteiger partial charge in [-0.15, -0.1) is 0 Å². The summed E-state index contributed by atoms with van der Waals surface area (Å²) in [4.78, 5) is 0. The summed E-state index contributed by atoms with van der Waals surface area (Å²) in [5.41, 5.74) is 0. The molecule has 0 aromatic rings. The van der Waals surface area contributed by atoms with Crippen molar-refractivity contribution in [2.45, 2.75) is 104 Å². The number of rotatable bonds is 14. The molecule has 0 aliphatic carbocycles. The van der Waals surface area contributed by atoms with Crippen molar-refractivity contribution in [1.29, 1.82) is 0 Å². The van der Waals surface area contributed by atoms with E-state index in [0.717, 1.165) is 6.61 Å². The molecular weight excluding hydrogens is 248 g/mol. The van der Waals surface area contributed by atoms with E-state index in [-0.39, 0.29) is 0 Å². The summed E-state index contributed by atoms with van der Waals surface area (Å²) in [6.07, 6.45) is 15.8. The van der Waals surface area contributed by atoms with Gasteiger partial charge in [0, 0.05) is 6.61 Å². The molecule has 0 aromatic carbocycles. The van der Waals surface area contributed by atoms with Crippen molar-refractivity contribution in [3.63, 3.8) is 0 Å². The second-order valence-corrected chi connectivity index (χ2v) is 10.8. The van der Waals surface area contributed by atoms with Gasteiger partial charge in [-0.3, -0.25) is 0 Å². The van der Waals surface area contributed by atoms with Crippen LogP contribution in [-0.2, 0) is 4.43 Å². The second kappa shape index (κ2) is 13.2. The molecular formula is C17H38OSi. The van der Waals surface area contributed by atoms with Crippen LogP contribution >= 0.6 is 0 Å². The highest BCUT2D eigenvalue weighted by Gasteiger charge is 2.20. The molecule has 0 rings (SSSR count). The maximum absolute atomic E-state index is 5.86. The highest BCUT2D eigenvalue weighted by molar-refractivity contribution is 6.71. The first-order chi connectivity index (χ1) is 9.12. The van der Waals surface area contributed by atoms with Crippen LogP contribution in [0.25, 0.3) is 0 Å². The van der Waals surface area contributed by atoms with Crippen LogP contribution in [0.5, 0.6) is 0 Å². The van der Waals surface area contributed by atoms with E-state index in [4.69, 9.17) is 4.43 Å². The van der Waals surface area contributed by atoms with Gasteiger partial charge in [-0.05, 0) is 26.1 Å². The quantitative estimate of drug-likeness (QED) is 0.260. The molecule has 116 valence electrons. The Balaban J connectivity index is 3.14. The summed E-state index contributed by atoms with van der Waals surface area (Å²) in [7, 11) is -1.30. The Bertz CT molecular complexity index is 180. The lowest BCUT2D eigenvalue weighted by atomic mass is 10.1. The fraction of sp³-hybridized carbons (Fsp3) is 1.00. The van der Waals surface area contributed by atoms with Gasteiger partial charge in [0.05, 0.1) is 0 Å². The summed E-state index contributed by atoms with van der Waals surface area (Å²) in [5.74, 6) is 0. The monoisotopic (exact) mass is 286 g/mol. The Morgan fingerprint density at radius 2 is 1.05 bits per heavy atom. The molecule has 0 aliphatic rings. The minimum Gasteiger partial charge on any atom is -0.418 e. The summed E-state index contributed by atoms with van der Waals surface area (Å²) in [5, 5.41) is 0. The first kappa shape index (κ1) is 19.2. The average molecular weight is 287 g/mol. The van der Waals surface area contributed by atoms with Crippen LogP contribution in [0.15, 0.2) is 0 Å². The standard InChI is InChI=1S/C17H38OSi/c1-5-7-8-9-10-11-12-13-14-15-16-17-19(3,4)18-6-2/h5-17H2,1-4H3. The molecule has 0 heterocycles. The van der Waals surface area contributed by atoms with E-state index in [0.29, 0.717) is 0 Å². The molecule has 0 aliphatic heterocycles. The largest absolute Gasteiger partial charge is 0.418 e. The first-order valence-corrected chi connectivity index (χ1v) is 11.9. The number of hydrogen-bond donors (Lipinski definition) is 0. The van der Waals surface area contributed by atoms with Crippen molar-refractivity contribution >= 4 is 8.32 Å². The Hall–Kier alpha value is 0.177. The Morgan fingerprint density at radius 3 is 1.47 bits per heavy atom. The minimum atomic E-state index is -1.30. The van der Waals surface area contributed by atoms with Crippen molar-refractivity contribution in [3.8, 4) is 0 Å². The molecule has 0 spiro atoms. The molecule has 0 saturated heterocycles. The van der Waals surface area contributed by atoms with Gasteiger partial charge in [-0.2, -0.15) is 0 Å². The fourth-order valence-electron chi connectivity index (χ4n) is 2.68. The van der Waals surface area contributed by atoms with Gasteiger partial charge in [-0.1, -0.05) is 77.6 Å². The van der Waals surface area contributed by atoms with Gasteiger partial charge >= 0.3 is 0 Å². The van der Waals surface area contributed by atoms with Crippen molar-refractivity contribution in [3.05, 3.63) is 0 Å². The third kappa shape index (κ3) is 14.4. The van der Waals surface area contributed by atoms with Crippen LogP contribution in [-0.4, -0.2) is 14.9 Å². The molecule has 1 nitrogen and oxygen atoms in total. The predicted molar refractivity (Wildman–Crippen MR) is 90.4 cm³/mol. The average Bonchev–Trinajstić information content (AvgIpc) is 2.36. The Morgan fingerprint density at radius 1 is 0.632 bits per heavy atom. The zero-order valence-electron chi connectivity index (χ0n) is 14.1. The third-order valence-electron chi connectivity index (χ3n) is 3.92. The number of unbranched alkanes of at least 4 members (excludes halogenated alkanes) is 10. The highest BCUT2D eigenvalue weighted by Crippen LogP contribution is 2.17. The summed E-state index contributed by atoms with van der Waals surface area (Å²) in [6.45, 7) is 10.0. The van der Waals surface area contributed by atoms with E-state index in [1.807, 2.05) is 0 Å². The molecule has 0 saturated carbocycles. The van der Waals surface area contributed by atoms with Crippen LogP contribution in [0, 0.1) is 0 Å². The molecule has 0 bridgehead atoms. The van der Waals surface area contributed by atoms with Gasteiger partial charge in [-0.25, -0.2) is 0 Å². The topological polar surface area (TPSA) is 9.23 Å². The lowest BCUT2D eigenvalue weighted by molar-refractivity contribution is 0.327. The van der Waals surface area contributed by atoms with Crippen molar-refractivity contribution in [2.75, 3.05) is 6.61 Å². The van der Waals surface area contributed by atoms with Crippen molar-refractivity contribution in [1.82, 2.24) is 0 Å². The lowest BCUT2D eigenvalue weighted by Crippen LogP contribution is -2.29. The minimum absolute atomic E-state index is 0.900. The molecule has 0 amide bonds. The smallest absolute Gasteiger partial charge is 0.186 e. The molecule has 2 heteroatoms. The molecule has 0 unspecified atom stereocenters. The van der Waals surface area contributed by atoms with Crippen LogP contribution in [0.2, 0.25) is 19.1 Å². The van der Waals surface area contributed by atoms with Crippen LogP contribution in [0.4, 0.5) is 0 Å². The Labute approximate surface area is 123 Å². The second-order valence-electron chi connectivity index (χ2n) is 6.48. The summed E-state index contributed by atoms with van der Waals surface area (Å²) >= 11 is 0. The third-order valence-corrected chi connectivity index (χ3v) is 6.55. The SMILES string of the molecule is CCCCCCCCCCCCC[Si](C)(C)OCC. The van der Waals surface area contributed by atoms with Crippen molar-refractivity contribution in [2.24, 2.45) is 0 Å². The predicted octanol–water partition coefficient (Wildman–Crippen LogP) is 6.54. The van der Waals surface area contributed by atoms with Crippen LogP contribution in [0.1, 0.15) is 84.5 Å². The molecule has 0 atom stereocenters. The zero-order chi connectivity index (χ0) is 14.4. The fourth-order valence-corrected chi connectivity index (χ4v) is 4.71. The van der Waals surface area contributed by atoms with Gasteiger partial charge in [0.1, 0.15) is 0 Å². The number of hydrogen-bond acceptors (Lipinski definition) is 1. The van der Waals surface area contributed by atoms with Gasteiger partial charge in [0.2, 0.25) is 0 Å². The summed E-state index contributed by atoms with van der Waals surface area (Å²) < 4.78 is 5.86. The van der Waals surface area contributed by atoms with Gasteiger partial charge < -0.3 is 4.43 Å². The lowest BCUT2D eigenvalue weighted by Gasteiger charge is -2.21. The first-order valence-electron chi connectivity index (χ1n) is 8.76. The van der Waals surface area contributed by atoms with Gasteiger partial charge in [0.25, 0.3) is 0 Å². The van der Waals surface area contributed by atoms with Crippen LogP contribution < -0.4 is 0 Å². The molecule has 0 fully saturated rings. The maximum atomic E-state index is 5.86. The summed E-state index contributed by atoms with van der Waals surface area (Å²) in [6, 6.07) is 1.35. The molecule has 0 N–H and O–H groups in total. The van der Waals surface area contributed by atoms with E-state index in [1.54, 1.807) is 0 Å². The maximum Gasteiger partial charge on any atom is 0.186 e. The molecule has 0 radical (unpaired) electrons. The molecule has 19 heavy (non-hydrogen) atoms. The van der Waals surface area contributed by atoms with E-state index in [2.05, 4.69) is 26.9 Å². The normalized spacial score (nSPS) is 12.0. The van der Waals surface area contributed by atoms with E-state index in [1.165, 1.54) is 76.7 Å². The van der Waals surface area contributed by atoms with Gasteiger partial charge in [0.15, 0.2) is 8.32 Å². The van der Waals surface area contributed by atoms with E-state index in [9.17, 15) is 0 Å². The highest BCUT2D eigenvalue weighted by atomic mass is 28.4. The Kier molecular flexibility index (Phi) is 13.3. The van der Waals surface area contributed by atoms with E-state index < -0.39 is 8.32 Å². The molecule has 0 aromatic heterocycles. The van der Waals surface area contributed by atoms with Crippen LogP contribution in [0.3, 0.4) is 0 Å².